The van der Waals surface area contributed by atoms with Crippen LogP contribution in [-0.4, -0.2) is 17.1 Å². The van der Waals surface area contributed by atoms with Gasteiger partial charge in [-0.2, -0.15) is 0 Å². The monoisotopic (exact) mass is 283 g/mol. The lowest BCUT2D eigenvalue weighted by Gasteiger charge is -2.08. The summed E-state index contributed by atoms with van der Waals surface area (Å²) in [7, 11) is 1.58. The van der Waals surface area contributed by atoms with Gasteiger partial charge in [0.25, 0.3) is 0 Å². The first-order chi connectivity index (χ1) is 10.1. The van der Waals surface area contributed by atoms with Gasteiger partial charge in [-0.1, -0.05) is 6.07 Å². The van der Waals surface area contributed by atoms with Gasteiger partial charge in [0.05, 0.1) is 18.2 Å². The topological polar surface area (TPSA) is 61.0 Å². The van der Waals surface area contributed by atoms with E-state index in [-0.39, 0.29) is 11.6 Å². The van der Waals surface area contributed by atoms with E-state index >= 15 is 0 Å². The fourth-order valence-electron chi connectivity index (χ4n) is 2.18. The van der Waals surface area contributed by atoms with E-state index in [2.05, 4.69) is 9.97 Å². The Hall–Kier alpha value is -2.69. The van der Waals surface area contributed by atoms with E-state index in [1.54, 1.807) is 31.4 Å². The molecule has 0 bridgehead atoms. The summed E-state index contributed by atoms with van der Waals surface area (Å²) in [6.45, 7) is 1.83. The SMILES string of the molecule is COc1ccc2nc(-c3ccc(C)cc3F)nc(N)c2c1. The zero-order valence-corrected chi connectivity index (χ0v) is 11.7. The normalized spacial score (nSPS) is 10.8. The fraction of sp³-hybridized carbons (Fsp3) is 0.125. The van der Waals surface area contributed by atoms with Crippen LogP contribution in [0.3, 0.4) is 0 Å². The molecule has 3 aromatic rings. The minimum absolute atomic E-state index is 0.280. The summed E-state index contributed by atoms with van der Waals surface area (Å²) in [5.41, 5.74) is 7.80. The summed E-state index contributed by atoms with van der Waals surface area (Å²) in [4.78, 5) is 8.59. The molecule has 4 nitrogen and oxygen atoms in total. The van der Waals surface area contributed by atoms with Gasteiger partial charge >= 0.3 is 0 Å². The number of aromatic nitrogens is 2. The molecule has 0 atom stereocenters. The highest BCUT2D eigenvalue weighted by atomic mass is 19.1. The summed E-state index contributed by atoms with van der Waals surface area (Å²) in [5, 5.41) is 0.686. The summed E-state index contributed by atoms with van der Waals surface area (Å²) in [6, 6.07) is 10.3. The van der Waals surface area contributed by atoms with E-state index in [9.17, 15) is 4.39 Å². The number of nitrogen functional groups attached to an aromatic ring is 1. The highest BCUT2D eigenvalue weighted by Crippen LogP contribution is 2.27. The third-order valence-electron chi connectivity index (χ3n) is 3.30. The second-order valence-electron chi connectivity index (χ2n) is 4.80. The number of aryl methyl sites for hydroxylation is 1. The Morgan fingerprint density at radius 2 is 1.90 bits per heavy atom. The van der Waals surface area contributed by atoms with E-state index < -0.39 is 0 Å². The van der Waals surface area contributed by atoms with Gasteiger partial charge in [-0.15, -0.1) is 0 Å². The van der Waals surface area contributed by atoms with Crippen LogP contribution in [0.2, 0.25) is 0 Å². The molecule has 0 spiro atoms. The Labute approximate surface area is 121 Å². The molecule has 0 saturated carbocycles. The van der Waals surface area contributed by atoms with Crippen LogP contribution in [-0.2, 0) is 0 Å². The molecule has 106 valence electrons. The molecule has 0 aliphatic rings. The maximum Gasteiger partial charge on any atom is 0.165 e. The standard InChI is InChI=1S/C16H14FN3O/c1-9-3-5-11(13(17)7-9)16-19-14-6-4-10(21-2)8-12(14)15(18)20-16/h3-8H,1-2H3,(H2,18,19,20). The summed E-state index contributed by atoms with van der Waals surface area (Å²) < 4.78 is 19.2. The van der Waals surface area contributed by atoms with Crippen molar-refractivity contribution in [3.63, 3.8) is 0 Å². The number of rotatable bonds is 2. The van der Waals surface area contributed by atoms with Crippen LogP contribution in [0.15, 0.2) is 36.4 Å². The Kier molecular flexibility index (Phi) is 3.17. The van der Waals surface area contributed by atoms with Gasteiger partial charge < -0.3 is 10.5 Å². The molecule has 21 heavy (non-hydrogen) atoms. The highest BCUT2D eigenvalue weighted by molar-refractivity contribution is 5.90. The number of halogens is 1. The molecule has 0 aliphatic heterocycles. The predicted molar refractivity (Wildman–Crippen MR) is 80.6 cm³/mol. The number of fused-ring (bicyclic) bond motifs is 1. The molecule has 0 aliphatic carbocycles. The largest absolute Gasteiger partial charge is 0.497 e. The maximum atomic E-state index is 14.0. The molecule has 0 unspecified atom stereocenters. The van der Waals surface area contributed by atoms with Crippen LogP contribution in [0, 0.1) is 12.7 Å². The fourth-order valence-corrected chi connectivity index (χ4v) is 2.18. The first-order valence-electron chi connectivity index (χ1n) is 6.46. The number of ether oxygens (including phenoxy) is 1. The number of benzene rings is 2. The predicted octanol–water partition coefficient (Wildman–Crippen LogP) is 3.34. The lowest BCUT2D eigenvalue weighted by molar-refractivity contribution is 0.415. The van der Waals surface area contributed by atoms with Crippen molar-refractivity contribution in [2.45, 2.75) is 6.92 Å². The van der Waals surface area contributed by atoms with Crippen LogP contribution in [0.4, 0.5) is 10.2 Å². The lowest BCUT2D eigenvalue weighted by atomic mass is 10.1. The van der Waals surface area contributed by atoms with Gasteiger partial charge in [0.1, 0.15) is 17.4 Å². The molecule has 0 fully saturated rings. The van der Waals surface area contributed by atoms with Gasteiger partial charge in [0.2, 0.25) is 0 Å². The molecular weight excluding hydrogens is 269 g/mol. The number of hydrogen-bond acceptors (Lipinski definition) is 4. The summed E-state index contributed by atoms with van der Waals surface area (Å²) >= 11 is 0. The van der Waals surface area contributed by atoms with E-state index in [0.717, 1.165) is 5.56 Å². The van der Waals surface area contributed by atoms with Crippen molar-refractivity contribution >= 4 is 16.7 Å². The van der Waals surface area contributed by atoms with Crippen LogP contribution in [0.5, 0.6) is 5.75 Å². The molecule has 2 aromatic carbocycles. The van der Waals surface area contributed by atoms with Crippen molar-refractivity contribution < 1.29 is 9.13 Å². The van der Waals surface area contributed by atoms with Crippen molar-refractivity contribution in [3.05, 3.63) is 47.8 Å². The minimum atomic E-state index is -0.359. The second kappa shape index (κ2) is 5.01. The number of hydrogen-bond donors (Lipinski definition) is 1. The molecule has 5 heteroatoms. The van der Waals surface area contributed by atoms with E-state index in [0.29, 0.717) is 28.0 Å². The average Bonchev–Trinajstić information content (AvgIpc) is 2.47. The van der Waals surface area contributed by atoms with E-state index in [1.807, 2.05) is 13.0 Å². The second-order valence-corrected chi connectivity index (χ2v) is 4.80. The van der Waals surface area contributed by atoms with Gasteiger partial charge in [-0.05, 0) is 42.8 Å². The molecule has 2 N–H and O–H groups in total. The Balaban J connectivity index is 2.20. The number of methoxy groups -OCH3 is 1. The Bertz CT molecular complexity index is 833. The van der Waals surface area contributed by atoms with Crippen molar-refractivity contribution in [1.82, 2.24) is 9.97 Å². The molecule has 0 amide bonds. The Morgan fingerprint density at radius 1 is 1.10 bits per heavy atom. The van der Waals surface area contributed by atoms with Crippen LogP contribution < -0.4 is 10.5 Å². The zero-order chi connectivity index (χ0) is 15.0. The highest BCUT2D eigenvalue weighted by Gasteiger charge is 2.12. The minimum Gasteiger partial charge on any atom is -0.497 e. The number of nitrogens with two attached hydrogens (primary N) is 1. The zero-order valence-electron chi connectivity index (χ0n) is 11.7. The molecule has 3 rings (SSSR count). The first-order valence-corrected chi connectivity index (χ1v) is 6.46. The van der Waals surface area contributed by atoms with Crippen molar-refractivity contribution in [3.8, 4) is 17.1 Å². The Morgan fingerprint density at radius 3 is 2.62 bits per heavy atom. The summed E-state index contributed by atoms with van der Waals surface area (Å²) in [6.07, 6.45) is 0. The molecule has 1 heterocycles. The number of anilines is 1. The molecule has 0 radical (unpaired) electrons. The molecular formula is C16H14FN3O. The van der Waals surface area contributed by atoms with Crippen molar-refractivity contribution in [2.75, 3.05) is 12.8 Å². The van der Waals surface area contributed by atoms with Crippen molar-refractivity contribution in [1.29, 1.82) is 0 Å². The number of nitrogens with zero attached hydrogens (tertiary/aromatic N) is 2. The quantitative estimate of drug-likeness (QED) is 0.783. The van der Waals surface area contributed by atoms with Crippen LogP contribution in [0.25, 0.3) is 22.3 Å². The third-order valence-corrected chi connectivity index (χ3v) is 3.30. The van der Waals surface area contributed by atoms with Gasteiger partial charge in [0, 0.05) is 5.39 Å². The third kappa shape index (κ3) is 2.38. The van der Waals surface area contributed by atoms with Gasteiger partial charge in [0.15, 0.2) is 5.82 Å². The maximum absolute atomic E-state index is 14.0. The van der Waals surface area contributed by atoms with Crippen molar-refractivity contribution in [2.24, 2.45) is 0 Å². The molecule has 1 aromatic heterocycles. The van der Waals surface area contributed by atoms with Gasteiger partial charge in [-0.3, -0.25) is 0 Å². The van der Waals surface area contributed by atoms with Crippen LogP contribution >= 0.6 is 0 Å². The van der Waals surface area contributed by atoms with E-state index in [4.69, 9.17) is 10.5 Å². The van der Waals surface area contributed by atoms with E-state index in [1.165, 1.54) is 6.07 Å². The van der Waals surface area contributed by atoms with Gasteiger partial charge in [-0.25, -0.2) is 14.4 Å². The summed E-state index contributed by atoms with van der Waals surface area (Å²) in [5.74, 6) is 0.894. The lowest BCUT2D eigenvalue weighted by Crippen LogP contribution is -1.99. The van der Waals surface area contributed by atoms with Crippen LogP contribution in [0.1, 0.15) is 5.56 Å². The average molecular weight is 283 g/mol. The molecule has 0 saturated heterocycles. The first kappa shape index (κ1) is 13.3. The smallest absolute Gasteiger partial charge is 0.165 e.